The Kier molecular flexibility index (Phi) is 7.77. The van der Waals surface area contributed by atoms with E-state index in [-0.39, 0.29) is 0 Å². The third kappa shape index (κ3) is 7.83. The van der Waals surface area contributed by atoms with E-state index in [1.807, 2.05) is 6.08 Å². The third-order valence-corrected chi connectivity index (χ3v) is 2.17. The SMILES string of the molecule is C=CCC(C=CC(C)C)CCCC. The van der Waals surface area contributed by atoms with Crippen LogP contribution in [0.4, 0.5) is 0 Å². The average Bonchev–Trinajstić information content (AvgIpc) is 2.09. The van der Waals surface area contributed by atoms with Crippen LogP contribution in [0.5, 0.6) is 0 Å². The van der Waals surface area contributed by atoms with Crippen LogP contribution < -0.4 is 0 Å². The third-order valence-electron chi connectivity index (χ3n) is 2.17. The molecular formula is C13H24. The standard InChI is InChI=1S/C13H24/c1-5-7-9-13(8-6-2)11-10-12(3)4/h6,10-13H,2,5,7-9H2,1,3-4H3. The van der Waals surface area contributed by atoms with Crippen LogP contribution in [0.25, 0.3) is 0 Å². The van der Waals surface area contributed by atoms with Gasteiger partial charge in [0.05, 0.1) is 0 Å². The van der Waals surface area contributed by atoms with Gasteiger partial charge in [0.1, 0.15) is 0 Å². The van der Waals surface area contributed by atoms with Gasteiger partial charge in [-0.1, -0.05) is 51.8 Å². The summed E-state index contributed by atoms with van der Waals surface area (Å²) in [5, 5.41) is 0. The molecule has 0 aliphatic rings. The molecule has 0 spiro atoms. The highest BCUT2D eigenvalue weighted by Gasteiger charge is 2.01. The second-order valence-corrected chi connectivity index (χ2v) is 4.06. The van der Waals surface area contributed by atoms with E-state index in [4.69, 9.17) is 0 Å². The van der Waals surface area contributed by atoms with Crippen molar-refractivity contribution in [3.63, 3.8) is 0 Å². The lowest BCUT2D eigenvalue weighted by Gasteiger charge is -2.09. The highest BCUT2D eigenvalue weighted by Crippen LogP contribution is 2.15. The quantitative estimate of drug-likeness (QED) is 0.503. The monoisotopic (exact) mass is 180 g/mol. The molecule has 0 aliphatic heterocycles. The van der Waals surface area contributed by atoms with Gasteiger partial charge in [0.15, 0.2) is 0 Å². The van der Waals surface area contributed by atoms with Gasteiger partial charge in [-0.3, -0.25) is 0 Å². The van der Waals surface area contributed by atoms with Crippen LogP contribution in [0.1, 0.15) is 46.5 Å². The summed E-state index contributed by atoms with van der Waals surface area (Å²) in [7, 11) is 0. The van der Waals surface area contributed by atoms with E-state index in [1.165, 1.54) is 19.3 Å². The second kappa shape index (κ2) is 8.10. The van der Waals surface area contributed by atoms with Crippen LogP contribution in [-0.4, -0.2) is 0 Å². The molecule has 0 aromatic carbocycles. The largest absolute Gasteiger partial charge is 0.103 e. The minimum Gasteiger partial charge on any atom is -0.103 e. The molecule has 1 atom stereocenters. The van der Waals surface area contributed by atoms with Gasteiger partial charge < -0.3 is 0 Å². The molecule has 0 heterocycles. The lowest BCUT2D eigenvalue weighted by molar-refractivity contribution is 0.557. The second-order valence-electron chi connectivity index (χ2n) is 4.06. The average molecular weight is 180 g/mol. The number of hydrogen-bond donors (Lipinski definition) is 0. The number of hydrogen-bond acceptors (Lipinski definition) is 0. The molecule has 0 aromatic heterocycles. The zero-order chi connectivity index (χ0) is 10.1. The normalized spacial score (nSPS) is 13.8. The molecule has 0 fully saturated rings. The zero-order valence-electron chi connectivity index (χ0n) is 9.42. The maximum Gasteiger partial charge on any atom is -0.0199 e. The van der Waals surface area contributed by atoms with Gasteiger partial charge in [0, 0.05) is 0 Å². The Balaban J connectivity index is 3.85. The van der Waals surface area contributed by atoms with Crippen molar-refractivity contribution in [3.8, 4) is 0 Å². The lowest BCUT2D eigenvalue weighted by Crippen LogP contribution is -1.95. The predicted octanol–water partition coefficient (Wildman–Crippen LogP) is 4.58. The highest BCUT2D eigenvalue weighted by atomic mass is 14.1. The molecule has 0 saturated heterocycles. The Hall–Kier alpha value is -0.520. The first-order valence-electron chi connectivity index (χ1n) is 5.49. The van der Waals surface area contributed by atoms with E-state index in [1.54, 1.807) is 0 Å². The zero-order valence-corrected chi connectivity index (χ0v) is 9.42. The van der Waals surface area contributed by atoms with Crippen LogP contribution in [-0.2, 0) is 0 Å². The topological polar surface area (TPSA) is 0 Å². The van der Waals surface area contributed by atoms with Crippen LogP contribution in [0, 0.1) is 11.8 Å². The van der Waals surface area contributed by atoms with Crippen molar-refractivity contribution < 1.29 is 0 Å². The summed E-state index contributed by atoms with van der Waals surface area (Å²) in [6, 6.07) is 0. The van der Waals surface area contributed by atoms with E-state index >= 15 is 0 Å². The van der Waals surface area contributed by atoms with Crippen molar-refractivity contribution >= 4 is 0 Å². The van der Waals surface area contributed by atoms with Crippen LogP contribution in [0.15, 0.2) is 24.8 Å². The summed E-state index contributed by atoms with van der Waals surface area (Å²) in [5.41, 5.74) is 0. The van der Waals surface area contributed by atoms with E-state index in [0.29, 0.717) is 5.92 Å². The fraction of sp³-hybridized carbons (Fsp3) is 0.692. The van der Waals surface area contributed by atoms with Crippen molar-refractivity contribution in [2.24, 2.45) is 11.8 Å². The first kappa shape index (κ1) is 12.5. The molecular weight excluding hydrogens is 156 g/mol. The molecule has 0 aromatic rings. The Morgan fingerprint density at radius 3 is 2.38 bits per heavy atom. The Morgan fingerprint density at radius 1 is 1.23 bits per heavy atom. The van der Waals surface area contributed by atoms with E-state index in [0.717, 1.165) is 12.3 Å². The maximum atomic E-state index is 3.80. The maximum absolute atomic E-state index is 3.80. The van der Waals surface area contributed by atoms with Gasteiger partial charge in [-0.05, 0) is 24.7 Å². The summed E-state index contributed by atoms with van der Waals surface area (Å²) in [4.78, 5) is 0. The smallest absolute Gasteiger partial charge is 0.0199 e. The van der Waals surface area contributed by atoms with Crippen LogP contribution in [0.2, 0.25) is 0 Å². The molecule has 0 heteroatoms. The Labute approximate surface area is 83.7 Å². The van der Waals surface area contributed by atoms with Gasteiger partial charge in [-0.25, -0.2) is 0 Å². The fourth-order valence-electron chi connectivity index (χ4n) is 1.35. The van der Waals surface area contributed by atoms with Crippen molar-refractivity contribution in [1.82, 2.24) is 0 Å². The van der Waals surface area contributed by atoms with Gasteiger partial charge >= 0.3 is 0 Å². The molecule has 76 valence electrons. The van der Waals surface area contributed by atoms with Crippen LogP contribution >= 0.6 is 0 Å². The molecule has 0 rings (SSSR count). The Bertz CT molecular complexity index is 142. The van der Waals surface area contributed by atoms with E-state index in [2.05, 4.69) is 39.5 Å². The van der Waals surface area contributed by atoms with Crippen LogP contribution in [0.3, 0.4) is 0 Å². The summed E-state index contributed by atoms with van der Waals surface area (Å²) in [5.74, 6) is 1.40. The molecule has 0 nitrogen and oxygen atoms in total. The molecule has 0 amide bonds. The molecule has 1 unspecified atom stereocenters. The van der Waals surface area contributed by atoms with Crippen molar-refractivity contribution in [2.75, 3.05) is 0 Å². The molecule has 0 bridgehead atoms. The molecule has 0 N–H and O–H groups in total. The number of allylic oxidation sites excluding steroid dienone is 3. The predicted molar refractivity (Wildman–Crippen MR) is 61.8 cm³/mol. The van der Waals surface area contributed by atoms with E-state index < -0.39 is 0 Å². The van der Waals surface area contributed by atoms with Gasteiger partial charge in [-0.15, -0.1) is 6.58 Å². The minimum atomic E-state index is 0.675. The lowest BCUT2D eigenvalue weighted by atomic mass is 9.97. The van der Waals surface area contributed by atoms with Crippen molar-refractivity contribution in [3.05, 3.63) is 24.8 Å². The first-order valence-corrected chi connectivity index (χ1v) is 5.49. The van der Waals surface area contributed by atoms with E-state index in [9.17, 15) is 0 Å². The Morgan fingerprint density at radius 2 is 1.92 bits per heavy atom. The number of unbranched alkanes of at least 4 members (excludes halogenated alkanes) is 1. The summed E-state index contributed by atoms with van der Waals surface area (Å²) in [6.07, 6.45) is 11.8. The van der Waals surface area contributed by atoms with Gasteiger partial charge in [-0.2, -0.15) is 0 Å². The molecule has 0 aliphatic carbocycles. The first-order chi connectivity index (χ1) is 6.20. The summed E-state index contributed by atoms with van der Waals surface area (Å²) >= 11 is 0. The summed E-state index contributed by atoms with van der Waals surface area (Å²) in [6.45, 7) is 10.5. The van der Waals surface area contributed by atoms with Gasteiger partial charge in [0.2, 0.25) is 0 Å². The molecule has 0 saturated carbocycles. The van der Waals surface area contributed by atoms with Crippen molar-refractivity contribution in [2.45, 2.75) is 46.5 Å². The molecule has 0 radical (unpaired) electrons. The highest BCUT2D eigenvalue weighted by molar-refractivity contribution is 4.93. The fourth-order valence-corrected chi connectivity index (χ4v) is 1.35. The van der Waals surface area contributed by atoms with Crippen molar-refractivity contribution in [1.29, 1.82) is 0 Å². The molecule has 13 heavy (non-hydrogen) atoms. The van der Waals surface area contributed by atoms with Gasteiger partial charge in [0.25, 0.3) is 0 Å². The minimum absolute atomic E-state index is 0.675. The number of rotatable bonds is 7. The summed E-state index contributed by atoms with van der Waals surface area (Å²) < 4.78 is 0.